The van der Waals surface area contributed by atoms with Gasteiger partial charge in [-0.2, -0.15) is 0 Å². The molecule has 1 N–H and O–H groups in total. The zero-order valence-corrected chi connectivity index (χ0v) is 17.3. The first kappa shape index (κ1) is 19.9. The molecular formula is C22H24N2O3S. The molecule has 2 aromatic carbocycles. The molecule has 5 nitrogen and oxygen atoms in total. The lowest BCUT2D eigenvalue weighted by Crippen LogP contribution is -2.36. The van der Waals surface area contributed by atoms with Crippen LogP contribution in [0, 0.1) is 13.8 Å². The Hall–Kier alpha value is -2.86. The van der Waals surface area contributed by atoms with Crippen LogP contribution in [0.1, 0.15) is 23.7 Å². The van der Waals surface area contributed by atoms with Crippen LogP contribution in [0.4, 0.5) is 0 Å². The van der Waals surface area contributed by atoms with Gasteiger partial charge in [0.2, 0.25) is 0 Å². The van der Waals surface area contributed by atoms with E-state index in [-0.39, 0.29) is 5.91 Å². The fourth-order valence-corrected chi connectivity index (χ4v) is 3.50. The normalized spacial score (nSPS) is 11.7. The van der Waals surface area contributed by atoms with Crippen molar-refractivity contribution in [3.63, 3.8) is 0 Å². The van der Waals surface area contributed by atoms with Crippen LogP contribution in [0.25, 0.3) is 10.6 Å². The third-order valence-corrected chi connectivity index (χ3v) is 5.50. The third kappa shape index (κ3) is 4.70. The molecule has 0 fully saturated rings. The first-order valence-corrected chi connectivity index (χ1v) is 9.95. The van der Waals surface area contributed by atoms with E-state index in [0.717, 1.165) is 38.9 Å². The highest BCUT2D eigenvalue weighted by Gasteiger charge is 2.16. The molecule has 0 aliphatic heterocycles. The number of benzene rings is 2. The monoisotopic (exact) mass is 396 g/mol. The molecule has 0 saturated carbocycles. The zero-order chi connectivity index (χ0) is 20.1. The Labute approximate surface area is 169 Å². The van der Waals surface area contributed by atoms with Gasteiger partial charge in [-0.1, -0.05) is 12.1 Å². The number of aromatic nitrogens is 1. The first-order chi connectivity index (χ1) is 13.5. The first-order valence-electron chi connectivity index (χ1n) is 9.07. The number of hydrogen-bond acceptors (Lipinski definition) is 5. The smallest absolute Gasteiger partial charge is 0.261 e. The summed E-state index contributed by atoms with van der Waals surface area (Å²) < 4.78 is 11.0. The molecule has 1 unspecified atom stereocenters. The highest BCUT2D eigenvalue weighted by atomic mass is 32.1. The van der Waals surface area contributed by atoms with Crippen molar-refractivity contribution in [2.45, 2.75) is 33.4 Å². The van der Waals surface area contributed by atoms with Crippen LogP contribution in [0.3, 0.4) is 0 Å². The summed E-state index contributed by atoms with van der Waals surface area (Å²) in [5.41, 5.74) is 4.03. The second-order valence-corrected chi connectivity index (χ2v) is 7.41. The number of methoxy groups -OCH3 is 1. The molecule has 0 bridgehead atoms. The fraction of sp³-hybridized carbons (Fsp3) is 0.273. The van der Waals surface area contributed by atoms with E-state index in [1.54, 1.807) is 25.4 Å². The number of carbonyl (C=O) groups is 1. The predicted octanol–water partition coefficient (Wildman–Crippen LogP) is 4.52. The molecule has 28 heavy (non-hydrogen) atoms. The minimum Gasteiger partial charge on any atom is -0.497 e. The standard InChI is InChI=1S/C22H24N2O3S/c1-14-6-5-7-20(15(14)2)27-16(3)21(25)23-12-18-13-28-22(24-18)17-8-10-19(26-4)11-9-17/h5-11,13,16H,12H2,1-4H3,(H,23,25). The van der Waals surface area contributed by atoms with E-state index < -0.39 is 6.10 Å². The lowest BCUT2D eigenvalue weighted by atomic mass is 10.1. The summed E-state index contributed by atoms with van der Waals surface area (Å²) >= 11 is 1.55. The molecule has 3 aromatic rings. The largest absolute Gasteiger partial charge is 0.497 e. The average Bonchev–Trinajstić information content (AvgIpc) is 3.18. The van der Waals surface area contributed by atoms with Gasteiger partial charge in [-0.15, -0.1) is 11.3 Å². The Kier molecular flexibility index (Phi) is 6.31. The summed E-state index contributed by atoms with van der Waals surface area (Å²) in [6.07, 6.45) is -0.583. The van der Waals surface area contributed by atoms with Crippen LogP contribution < -0.4 is 14.8 Å². The van der Waals surface area contributed by atoms with Crippen LogP contribution in [0.2, 0.25) is 0 Å². The Morgan fingerprint density at radius 1 is 1.18 bits per heavy atom. The van der Waals surface area contributed by atoms with Crippen molar-refractivity contribution in [1.82, 2.24) is 10.3 Å². The number of nitrogens with zero attached hydrogens (tertiary/aromatic N) is 1. The molecule has 0 saturated heterocycles. The molecule has 146 valence electrons. The zero-order valence-electron chi connectivity index (χ0n) is 16.5. The van der Waals surface area contributed by atoms with Gasteiger partial charge in [0.1, 0.15) is 16.5 Å². The number of hydrogen-bond donors (Lipinski definition) is 1. The minimum absolute atomic E-state index is 0.167. The molecule has 1 amide bonds. The second kappa shape index (κ2) is 8.89. The summed E-state index contributed by atoms with van der Waals surface area (Å²) in [5.74, 6) is 1.38. The molecular weight excluding hydrogens is 372 g/mol. The Balaban J connectivity index is 1.57. The highest BCUT2D eigenvalue weighted by Crippen LogP contribution is 2.26. The van der Waals surface area contributed by atoms with Crippen LogP contribution >= 0.6 is 11.3 Å². The average molecular weight is 397 g/mol. The van der Waals surface area contributed by atoms with Crippen LogP contribution in [-0.2, 0) is 11.3 Å². The minimum atomic E-state index is -0.583. The Morgan fingerprint density at radius 2 is 1.93 bits per heavy atom. The van der Waals surface area contributed by atoms with Crippen molar-refractivity contribution in [2.24, 2.45) is 0 Å². The van der Waals surface area contributed by atoms with Gasteiger partial charge >= 0.3 is 0 Å². The van der Waals surface area contributed by atoms with Crippen molar-refractivity contribution >= 4 is 17.2 Å². The van der Waals surface area contributed by atoms with E-state index in [0.29, 0.717) is 6.54 Å². The van der Waals surface area contributed by atoms with Crippen molar-refractivity contribution < 1.29 is 14.3 Å². The van der Waals surface area contributed by atoms with Gasteiger partial charge in [-0.25, -0.2) is 4.98 Å². The maximum atomic E-state index is 12.4. The molecule has 3 rings (SSSR count). The van der Waals surface area contributed by atoms with Gasteiger partial charge in [0.25, 0.3) is 5.91 Å². The number of rotatable bonds is 7. The van der Waals surface area contributed by atoms with E-state index in [1.807, 2.05) is 61.7 Å². The maximum absolute atomic E-state index is 12.4. The number of ether oxygens (including phenoxy) is 2. The predicted molar refractivity (Wildman–Crippen MR) is 112 cm³/mol. The van der Waals surface area contributed by atoms with Crippen molar-refractivity contribution in [2.75, 3.05) is 7.11 Å². The number of thiazole rings is 1. The van der Waals surface area contributed by atoms with Crippen molar-refractivity contribution in [3.05, 3.63) is 64.7 Å². The highest BCUT2D eigenvalue weighted by molar-refractivity contribution is 7.13. The topological polar surface area (TPSA) is 60.5 Å². The number of aryl methyl sites for hydroxylation is 1. The lowest BCUT2D eigenvalue weighted by molar-refractivity contribution is -0.127. The van der Waals surface area contributed by atoms with Crippen molar-refractivity contribution in [1.29, 1.82) is 0 Å². The molecule has 6 heteroatoms. The summed E-state index contributed by atoms with van der Waals surface area (Å²) in [6, 6.07) is 13.6. The van der Waals surface area contributed by atoms with Gasteiger partial charge in [-0.05, 0) is 62.2 Å². The SMILES string of the molecule is COc1ccc(-c2nc(CNC(=O)C(C)Oc3cccc(C)c3C)cs2)cc1. The second-order valence-electron chi connectivity index (χ2n) is 6.55. The quantitative estimate of drug-likeness (QED) is 0.638. The number of amides is 1. The van der Waals surface area contributed by atoms with E-state index in [4.69, 9.17) is 9.47 Å². The molecule has 0 radical (unpaired) electrons. The van der Waals surface area contributed by atoms with Gasteiger partial charge in [0, 0.05) is 10.9 Å². The Morgan fingerprint density at radius 3 is 2.64 bits per heavy atom. The fourth-order valence-electron chi connectivity index (χ4n) is 2.67. The molecule has 1 heterocycles. The molecule has 1 atom stereocenters. The van der Waals surface area contributed by atoms with Gasteiger partial charge in [-0.3, -0.25) is 4.79 Å². The summed E-state index contributed by atoms with van der Waals surface area (Å²) in [4.78, 5) is 17.0. The summed E-state index contributed by atoms with van der Waals surface area (Å²) in [7, 11) is 1.64. The summed E-state index contributed by atoms with van der Waals surface area (Å²) in [5, 5.41) is 5.76. The number of nitrogens with one attached hydrogen (secondary N) is 1. The number of carbonyl (C=O) groups excluding carboxylic acids is 1. The lowest BCUT2D eigenvalue weighted by Gasteiger charge is -2.16. The van der Waals surface area contributed by atoms with Gasteiger partial charge in [0.15, 0.2) is 6.10 Å². The van der Waals surface area contributed by atoms with Crippen molar-refractivity contribution in [3.8, 4) is 22.1 Å². The van der Waals surface area contributed by atoms with Gasteiger partial charge < -0.3 is 14.8 Å². The van der Waals surface area contributed by atoms with Gasteiger partial charge in [0.05, 0.1) is 19.3 Å². The maximum Gasteiger partial charge on any atom is 0.261 e. The van der Waals surface area contributed by atoms with Crippen LogP contribution in [-0.4, -0.2) is 24.1 Å². The molecule has 0 spiro atoms. The van der Waals surface area contributed by atoms with Crippen LogP contribution in [0.5, 0.6) is 11.5 Å². The third-order valence-electron chi connectivity index (χ3n) is 4.56. The van der Waals surface area contributed by atoms with E-state index in [2.05, 4.69) is 10.3 Å². The van der Waals surface area contributed by atoms with E-state index in [1.165, 1.54) is 0 Å². The molecule has 1 aromatic heterocycles. The van der Waals surface area contributed by atoms with E-state index in [9.17, 15) is 4.79 Å². The molecule has 0 aliphatic carbocycles. The van der Waals surface area contributed by atoms with E-state index >= 15 is 0 Å². The Bertz CT molecular complexity index is 951. The summed E-state index contributed by atoms with van der Waals surface area (Å²) in [6.45, 7) is 6.13. The van der Waals surface area contributed by atoms with Crippen LogP contribution in [0.15, 0.2) is 47.8 Å². The molecule has 0 aliphatic rings.